The third-order valence-corrected chi connectivity index (χ3v) is 5.88. The highest BCUT2D eigenvalue weighted by Gasteiger charge is 2.20. The van der Waals surface area contributed by atoms with Gasteiger partial charge in [0.15, 0.2) is 11.6 Å². The van der Waals surface area contributed by atoms with E-state index in [0.717, 1.165) is 6.20 Å². The molecule has 0 amide bonds. The third-order valence-electron chi connectivity index (χ3n) is 4.24. The molecule has 0 unspecified atom stereocenters. The number of anilines is 1. The van der Waals surface area contributed by atoms with Crippen LogP contribution in [0.2, 0.25) is 5.15 Å². The van der Waals surface area contributed by atoms with Crippen LogP contribution in [0, 0.1) is 5.82 Å². The number of rotatable bonds is 7. The largest absolute Gasteiger partial charge is 0.508 e. The number of ether oxygens (including phenoxy) is 2. The fourth-order valence-electron chi connectivity index (χ4n) is 2.76. The molecule has 0 bridgehead atoms. The van der Waals surface area contributed by atoms with E-state index in [9.17, 15) is 17.9 Å². The van der Waals surface area contributed by atoms with E-state index in [4.69, 9.17) is 21.1 Å². The summed E-state index contributed by atoms with van der Waals surface area (Å²) >= 11 is 6.10. The first kappa shape index (κ1) is 21.8. The molecule has 0 radical (unpaired) electrons. The third kappa shape index (κ3) is 4.48. The Bertz CT molecular complexity index is 1190. The molecule has 3 rings (SSSR count). The fourth-order valence-corrected chi connectivity index (χ4v) is 3.98. The number of benzene rings is 2. The van der Waals surface area contributed by atoms with Gasteiger partial charge in [0.05, 0.1) is 19.4 Å². The Balaban J connectivity index is 1.98. The lowest BCUT2D eigenvalue weighted by molar-refractivity contribution is 0.182. The van der Waals surface area contributed by atoms with Crippen LogP contribution in [0.3, 0.4) is 0 Å². The van der Waals surface area contributed by atoms with Crippen molar-refractivity contribution >= 4 is 27.3 Å². The number of phenols is 1. The maximum absolute atomic E-state index is 14.6. The van der Waals surface area contributed by atoms with Crippen LogP contribution >= 0.6 is 11.6 Å². The average molecular weight is 453 g/mol. The maximum Gasteiger partial charge on any atom is 0.263 e. The van der Waals surface area contributed by atoms with Crippen LogP contribution in [0.5, 0.6) is 11.5 Å². The summed E-state index contributed by atoms with van der Waals surface area (Å²) in [6.07, 6.45) is 1.06. The second kappa shape index (κ2) is 8.86. The lowest BCUT2D eigenvalue weighted by atomic mass is 10.1. The molecular weight excluding hydrogens is 435 g/mol. The molecule has 0 spiro atoms. The van der Waals surface area contributed by atoms with Crippen molar-refractivity contribution in [1.82, 2.24) is 4.98 Å². The summed E-state index contributed by atoms with van der Waals surface area (Å²) in [5, 5.41) is 9.93. The molecule has 30 heavy (non-hydrogen) atoms. The first-order valence-corrected chi connectivity index (χ1v) is 10.4. The molecule has 3 aromatic rings. The molecule has 0 aliphatic rings. The Kier molecular flexibility index (Phi) is 6.45. The van der Waals surface area contributed by atoms with Gasteiger partial charge in [0, 0.05) is 36.1 Å². The second-order valence-electron chi connectivity index (χ2n) is 6.21. The lowest BCUT2D eigenvalue weighted by Gasteiger charge is -2.13. The van der Waals surface area contributed by atoms with Crippen molar-refractivity contribution in [2.75, 3.05) is 18.9 Å². The summed E-state index contributed by atoms with van der Waals surface area (Å²) < 4.78 is 52.5. The number of nitrogens with zero attached hydrogens (tertiary/aromatic N) is 1. The zero-order valence-corrected chi connectivity index (χ0v) is 17.6. The van der Waals surface area contributed by atoms with Gasteiger partial charge >= 0.3 is 0 Å². The van der Waals surface area contributed by atoms with Crippen LogP contribution in [0.1, 0.15) is 5.56 Å². The van der Waals surface area contributed by atoms with Crippen LogP contribution < -0.4 is 9.46 Å². The summed E-state index contributed by atoms with van der Waals surface area (Å²) in [6, 6.07) is 9.93. The Morgan fingerprint density at radius 2 is 1.93 bits per heavy atom. The number of nitrogens with one attached hydrogen (secondary N) is 1. The van der Waals surface area contributed by atoms with Crippen molar-refractivity contribution in [2.24, 2.45) is 0 Å². The number of pyridine rings is 1. The van der Waals surface area contributed by atoms with Gasteiger partial charge in [-0.25, -0.2) is 17.8 Å². The molecule has 2 aromatic carbocycles. The van der Waals surface area contributed by atoms with E-state index in [0.29, 0.717) is 5.56 Å². The minimum absolute atomic E-state index is 0.0124. The molecule has 10 heteroatoms. The molecule has 1 aromatic heterocycles. The van der Waals surface area contributed by atoms with Crippen molar-refractivity contribution in [3.05, 3.63) is 65.2 Å². The minimum Gasteiger partial charge on any atom is -0.508 e. The van der Waals surface area contributed by atoms with E-state index >= 15 is 0 Å². The van der Waals surface area contributed by atoms with Crippen molar-refractivity contribution in [3.63, 3.8) is 0 Å². The minimum atomic E-state index is -4.10. The van der Waals surface area contributed by atoms with Gasteiger partial charge < -0.3 is 14.6 Å². The summed E-state index contributed by atoms with van der Waals surface area (Å²) in [5.74, 6) is -0.822. The smallest absolute Gasteiger partial charge is 0.263 e. The normalized spacial score (nSPS) is 11.3. The number of aromatic hydroxyl groups is 1. The van der Waals surface area contributed by atoms with Gasteiger partial charge in [0.1, 0.15) is 15.8 Å². The first-order chi connectivity index (χ1) is 14.3. The van der Waals surface area contributed by atoms with Crippen molar-refractivity contribution in [1.29, 1.82) is 0 Å². The van der Waals surface area contributed by atoms with E-state index in [-0.39, 0.29) is 45.0 Å². The number of hydrogen-bond donors (Lipinski definition) is 2. The molecule has 0 atom stereocenters. The molecule has 0 saturated carbocycles. The second-order valence-corrected chi connectivity index (χ2v) is 8.25. The molecule has 2 N–H and O–H groups in total. The number of aromatic nitrogens is 1. The van der Waals surface area contributed by atoms with Gasteiger partial charge in [0.2, 0.25) is 0 Å². The Hall–Kier alpha value is -2.88. The fraction of sp³-hybridized carbons (Fsp3) is 0.150. The van der Waals surface area contributed by atoms with Crippen LogP contribution in [0.15, 0.2) is 53.6 Å². The number of phenolic OH excluding ortho intramolecular Hbond substituents is 1. The molecule has 7 nitrogen and oxygen atoms in total. The zero-order valence-electron chi connectivity index (χ0n) is 16.0. The number of hydrogen-bond acceptors (Lipinski definition) is 6. The molecule has 0 saturated heterocycles. The van der Waals surface area contributed by atoms with Gasteiger partial charge in [0.25, 0.3) is 10.0 Å². The first-order valence-electron chi connectivity index (χ1n) is 8.59. The van der Waals surface area contributed by atoms with Crippen molar-refractivity contribution in [3.8, 4) is 22.6 Å². The van der Waals surface area contributed by atoms with Crippen LogP contribution in [-0.4, -0.2) is 32.7 Å². The van der Waals surface area contributed by atoms with E-state index in [1.54, 1.807) is 6.07 Å². The molecule has 0 fully saturated rings. The number of methoxy groups -OCH3 is 2. The van der Waals surface area contributed by atoms with Crippen molar-refractivity contribution in [2.45, 2.75) is 11.5 Å². The Labute approximate surface area is 178 Å². The zero-order chi connectivity index (χ0) is 21.9. The molecule has 1 heterocycles. The topological polar surface area (TPSA) is 97.8 Å². The molecule has 0 aliphatic heterocycles. The number of sulfonamides is 1. The van der Waals surface area contributed by atoms with E-state index < -0.39 is 15.8 Å². The van der Waals surface area contributed by atoms with Crippen LogP contribution in [0.25, 0.3) is 11.1 Å². The van der Waals surface area contributed by atoms with Gasteiger partial charge in [-0.05, 0) is 18.2 Å². The Morgan fingerprint density at radius 3 is 2.60 bits per heavy atom. The van der Waals surface area contributed by atoms with Crippen molar-refractivity contribution < 1.29 is 27.4 Å². The maximum atomic E-state index is 14.6. The quantitative estimate of drug-likeness (QED) is 0.521. The summed E-state index contributed by atoms with van der Waals surface area (Å²) in [6.45, 7) is 0.176. The van der Waals surface area contributed by atoms with Crippen LogP contribution in [-0.2, 0) is 21.4 Å². The SMILES string of the molecule is COCc1ccc(NS(=O)(=O)c2cnc(Cl)c(-c3cccc(OC)c3F)c2)cc1O. The molecular formula is C20H18ClFN2O5S. The monoisotopic (exact) mass is 452 g/mol. The highest BCUT2D eigenvalue weighted by molar-refractivity contribution is 7.92. The number of halogens is 2. The summed E-state index contributed by atoms with van der Waals surface area (Å²) in [4.78, 5) is 3.66. The lowest BCUT2D eigenvalue weighted by Crippen LogP contribution is -2.13. The van der Waals surface area contributed by atoms with Gasteiger partial charge in [-0.15, -0.1) is 0 Å². The van der Waals surface area contributed by atoms with Crippen LogP contribution in [0.4, 0.5) is 10.1 Å². The summed E-state index contributed by atoms with van der Waals surface area (Å²) in [7, 11) is -1.30. The standard InChI is InChI=1S/C20H18ClFN2O5S/c1-28-11-12-6-7-13(8-17(12)25)24-30(26,27)14-9-16(20(21)23-10-14)15-4-3-5-18(29-2)19(15)22/h3-10,24-25H,11H2,1-2H3. The molecule has 0 aliphatic carbocycles. The molecule has 158 valence electrons. The van der Waals surface area contributed by atoms with Gasteiger partial charge in [-0.3, -0.25) is 4.72 Å². The predicted octanol–water partition coefficient (Wildman–Crippen LogP) is 4.20. The van der Waals surface area contributed by atoms with E-state index in [1.807, 2.05) is 0 Å². The van der Waals surface area contributed by atoms with Gasteiger partial charge in [-0.1, -0.05) is 29.8 Å². The highest BCUT2D eigenvalue weighted by atomic mass is 35.5. The van der Waals surface area contributed by atoms with E-state index in [2.05, 4.69) is 9.71 Å². The van der Waals surface area contributed by atoms with Gasteiger partial charge in [-0.2, -0.15) is 0 Å². The highest BCUT2D eigenvalue weighted by Crippen LogP contribution is 2.34. The summed E-state index contributed by atoms with van der Waals surface area (Å²) in [5.41, 5.74) is 0.778. The Morgan fingerprint density at radius 1 is 1.17 bits per heavy atom. The predicted molar refractivity (Wildman–Crippen MR) is 111 cm³/mol. The average Bonchev–Trinajstić information content (AvgIpc) is 2.70. The van der Waals surface area contributed by atoms with E-state index in [1.165, 1.54) is 50.6 Å².